The molecule has 0 N–H and O–H groups in total. The second kappa shape index (κ2) is 10.3. The normalized spacial score (nSPS) is 14.5. The van der Waals surface area contributed by atoms with Gasteiger partial charge in [-0.2, -0.15) is 0 Å². The van der Waals surface area contributed by atoms with Gasteiger partial charge in [-0.05, 0) is 42.3 Å². The molecule has 0 fully saturated rings. The van der Waals surface area contributed by atoms with Crippen LogP contribution >= 0.6 is 23.1 Å². The summed E-state index contributed by atoms with van der Waals surface area (Å²) in [6.45, 7) is 1.65. The lowest BCUT2D eigenvalue weighted by molar-refractivity contribution is 0.0936. The number of thioether (sulfide) groups is 1. The van der Waals surface area contributed by atoms with Crippen LogP contribution in [0, 0.1) is 24.4 Å². The van der Waals surface area contributed by atoms with E-state index in [0.717, 1.165) is 10.1 Å². The topological polar surface area (TPSA) is 48.3 Å². The number of halogens is 3. The molecule has 1 atom stereocenters. The molecule has 1 aliphatic heterocycles. The molecule has 0 radical (unpaired) electrons. The van der Waals surface area contributed by atoms with Crippen molar-refractivity contribution in [2.24, 2.45) is 0 Å². The molecule has 1 unspecified atom stereocenters. The summed E-state index contributed by atoms with van der Waals surface area (Å²) < 4.78 is 52.6. The standard InChI is InChI=1S/C31H22F3NO3S2/c1-16-19(13-20-22(32)9-6-10-23(20)33)31-35(30(37)27(16)18-8-5-11-25(38-2)28(18)34)24(15-40-31)29(36)21-14-39-26-12-4-3-7-17(21)26/h3-12,14,24H,13,15H2,1-2H3. The number of aromatic nitrogens is 1. The molecule has 202 valence electrons. The van der Waals surface area contributed by atoms with Gasteiger partial charge in [-0.3, -0.25) is 14.2 Å². The molecule has 0 bridgehead atoms. The average molecular weight is 578 g/mol. The molecule has 0 amide bonds. The van der Waals surface area contributed by atoms with Crippen molar-refractivity contribution in [2.45, 2.75) is 24.4 Å². The molecule has 5 aromatic rings. The number of nitrogens with zero attached hydrogens (tertiary/aromatic N) is 1. The first-order chi connectivity index (χ1) is 19.3. The first kappa shape index (κ1) is 26.4. The van der Waals surface area contributed by atoms with Gasteiger partial charge in [0.2, 0.25) is 0 Å². The molecule has 9 heteroatoms. The average Bonchev–Trinajstić information content (AvgIpc) is 3.58. The van der Waals surface area contributed by atoms with E-state index in [9.17, 15) is 18.4 Å². The Morgan fingerprint density at radius 1 is 1.00 bits per heavy atom. The van der Waals surface area contributed by atoms with E-state index < -0.39 is 29.1 Å². The van der Waals surface area contributed by atoms with E-state index in [1.54, 1.807) is 18.4 Å². The molecular formula is C31H22F3NO3S2. The van der Waals surface area contributed by atoms with Gasteiger partial charge in [0.1, 0.15) is 17.7 Å². The van der Waals surface area contributed by atoms with Crippen LogP contribution in [0.5, 0.6) is 5.75 Å². The van der Waals surface area contributed by atoms with Crippen LogP contribution < -0.4 is 10.3 Å². The van der Waals surface area contributed by atoms with E-state index >= 15 is 4.39 Å². The summed E-state index contributed by atoms with van der Waals surface area (Å²) >= 11 is 2.73. The summed E-state index contributed by atoms with van der Waals surface area (Å²) in [6, 6.07) is 14.8. The highest BCUT2D eigenvalue weighted by Crippen LogP contribution is 2.42. The van der Waals surface area contributed by atoms with Crippen LogP contribution in [0.3, 0.4) is 0 Å². The van der Waals surface area contributed by atoms with E-state index in [2.05, 4.69) is 0 Å². The van der Waals surface area contributed by atoms with Gasteiger partial charge >= 0.3 is 0 Å². The molecule has 0 spiro atoms. The lowest BCUT2D eigenvalue weighted by Crippen LogP contribution is -2.31. The lowest BCUT2D eigenvalue weighted by atomic mass is 9.93. The maximum Gasteiger partial charge on any atom is 0.260 e. The van der Waals surface area contributed by atoms with Crippen molar-refractivity contribution in [1.82, 2.24) is 4.57 Å². The van der Waals surface area contributed by atoms with Crippen molar-refractivity contribution in [1.29, 1.82) is 0 Å². The van der Waals surface area contributed by atoms with Crippen molar-refractivity contribution < 1.29 is 22.7 Å². The number of rotatable bonds is 6. The molecule has 0 saturated carbocycles. The van der Waals surface area contributed by atoms with Crippen LogP contribution in [0.1, 0.15) is 33.1 Å². The molecule has 3 heterocycles. The Hall–Kier alpha value is -3.82. The van der Waals surface area contributed by atoms with Gasteiger partial charge in [-0.1, -0.05) is 36.4 Å². The summed E-state index contributed by atoms with van der Waals surface area (Å²) in [4.78, 5) is 28.1. The number of carbonyl (C=O) groups is 1. The molecule has 3 aromatic carbocycles. The monoisotopic (exact) mass is 577 g/mol. The Bertz CT molecular complexity index is 1860. The smallest absolute Gasteiger partial charge is 0.260 e. The Morgan fingerprint density at radius 3 is 2.48 bits per heavy atom. The zero-order valence-corrected chi connectivity index (χ0v) is 23.1. The number of ether oxygens (including phenoxy) is 1. The largest absolute Gasteiger partial charge is 0.494 e. The van der Waals surface area contributed by atoms with Gasteiger partial charge in [-0.15, -0.1) is 23.1 Å². The van der Waals surface area contributed by atoms with Crippen LogP contribution in [0.2, 0.25) is 0 Å². The molecule has 1 aliphatic rings. The molecule has 6 rings (SSSR count). The minimum Gasteiger partial charge on any atom is -0.494 e. The highest BCUT2D eigenvalue weighted by molar-refractivity contribution is 7.99. The summed E-state index contributed by atoms with van der Waals surface area (Å²) in [5.41, 5.74) is 0.689. The van der Waals surface area contributed by atoms with Crippen LogP contribution in [0.25, 0.3) is 21.2 Å². The maximum absolute atomic E-state index is 15.5. The molecule has 2 aromatic heterocycles. The summed E-state index contributed by atoms with van der Waals surface area (Å²) in [7, 11) is 1.33. The van der Waals surface area contributed by atoms with E-state index in [1.165, 1.54) is 65.1 Å². The predicted molar refractivity (Wildman–Crippen MR) is 152 cm³/mol. The number of fused-ring (bicyclic) bond motifs is 2. The van der Waals surface area contributed by atoms with Crippen LogP contribution in [0.15, 0.2) is 75.9 Å². The number of methoxy groups -OCH3 is 1. The number of carbonyl (C=O) groups excluding carboxylic acids is 1. The quantitative estimate of drug-likeness (QED) is 0.195. The van der Waals surface area contributed by atoms with Gasteiger partial charge in [0.25, 0.3) is 5.56 Å². The lowest BCUT2D eigenvalue weighted by Gasteiger charge is -2.20. The molecule has 0 saturated heterocycles. The van der Waals surface area contributed by atoms with Crippen LogP contribution in [-0.4, -0.2) is 23.2 Å². The van der Waals surface area contributed by atoms with Gasteiger partial charge in [-0.25, -0.2) is 13.2 Å². The van der Waals surface area contributed by atoms with E-state index in [0.29, 0.717) is 21.7 Å². The molecular weight excluding hydrogens is 555 g/mol. The zero-order chi connectivity index (χ0) is 28.1. The number of benzene rings is 3. The van der Waals surface area contributed by atoms with Gasteiger partial charge in [0, 0.05) is 44.3 Å². The van der Waals surface area contributed by atoms with E-state index in [4.69, 9.17) is 4.74 Å². The number of pyridine rings is 1. The van der Waals surface area contributed by atoms with E-state index in [-0.39, 0.29) is 40.4 Å². The third-order valence-corrected chi connectivity index (χ3v) is 9.51. The number of Topliss-reactive ketones (excluding diaryl/α,β-unsaturated/α-hetero) is 1. The van der Waals surface area contributed by atoms with Gasteiger partial charge in [0.15, 0.2) is 17.3 Å². The predicted octanol–water partition coefficient (Wildman–Crippen LogP) is 7.58. The minimum atomic E-state index is -0.872. The third kappa shape index (κ3) is 4.15. The van der Waals surface area contributed by atoms with E-state index in [1.807, 2.05) is 24.3 Å². The molecule has 0 aliphatic carbocycles. The fraction of sp³-hybridized carbons (Fsp3) is 0.161. The van der Waals surface area contributed by atoms with Gasteiger partial charge in [0.05, 0.1) is 17.7 Å². The summed E-state index contributed by atoms with van der Waals surface area (Å²) in [5, 5.41) is 3.03. The Balaban J connectivity index is 1.60. The van der Waals surface area contributed by atoms with Crippen LogP contribution in [-0.2, 0) is 6.42 Å². The summed E-state index contributed by atoms with van der Waals surface area (Å²) in [6.07, 6.45) is -0.173. The number of thiophene rings is 1. The number of hydrogen-bond donors (Lipinski definition) is 0. The zero-order valence-electron chi connectivity index (χ0n) is 21.5. The molecule has 40 heavy (non-hydrogen) atoms. The highest BCUT2D eigenvalue weighted by atomic mass is 32.2. The Labute approximate surface area is 236 Å². The third-order valence-electron chi connectivity index (χ3n) is 7.34. The van der Waals surface area contributed by atoms with Crippen molar-refractivity contribution in [3.05, 3.63) is 116 Å². The first-order valence-electron chi connectivity index (χ1n) is 12.5. The van der Waals surface area contributed by atoms with Gasteiger partial charge < -0.3 is 4.74 Å². The van der Waals surface area contributed by atoms with Crippen molar-refractivity contribution in [2.75, 3.05) is 12.9 Å². The first-order valence-corrected chi connectivity index (χ1v) is 14.3. The minimum absolute atomic E-state index is 0.00325. The van der Waals surface area contributed by atoms with Crippen molar-refractivity contribution in [3.8, 4) is 16.9 Å². The van der Waals surface area contributed by atoms with Crippen LogP contribution in [0.4, 0.5) is 13.2 Å². The Kier molecular flexibility index (Phi) is 6.80. The molecule has 4 nitrogen and oxygen atoms in total. The Morgan fingerprint density at radius 2 is 1.73 bits per heavy atom. The fourth-order valence-electron chi connectivity index (χ4n) is 5.31. The SMILES string of the molecule is COc1cccc(-c2c(C)c(Cc3c(F)cccc3F)c3n(c2=O)C(C(=O)c2csc4ccccc24)CS3)c1F. The number of ketones is 1. The van der Waals surface area contributed by atoms with Crippen molar-refractivity contribution >= 4 is 39.0 Å². The van der Waals surface area contributed by atoms with Crippen molar-refractivity contribution in [3.63, 3.8) is 0 Å². The fourth-order valence-corrected chi connectivity index (χ4v) is 7.62. The highest BCUT2D eigenvalue weighted by Gasteiger charge is 2.36. The second-order valence-corrected chi connectivity index (χ2v) is 11.4. The number of hydrogen-bond acceptors (Lipinski definition) is 5. The summed E-state index contributed by atoms with van der Waals surface area (Å²) in [5.74, 6) is -2.21. The maximum atomic E-state index is 15.5. The second-order valence-electron chi connectivity index (χ2n) is 9.49.